The van der Waals surface area contributed by atoms with Crippen molar-refractivity contribution in [3.63, 3.8) is 0 Å². The zero-order valence-electron chi connectivity index (χ0n) is 17.0. The highest BCUT2D eigenvalue weighted by atomic mass is 16.5. The molecule has 1 aromatic heterocycles. The molecule has 6 heteroatoms. The molecule has 1 fully saturated rings. The molecule has 3 aromatic rings. The number of hydrogen-bond donors (Lipinski definition) is 1. The van der Waals surface area contributed by atoms with Crippen molar-refractivity contribution in [1.82, 2.24) is 9.88 Å². The number of methoxy groups -OCH3 is 3. The maximum atomic E-state index is 13.2. The van der Waals surface area contributed by atoms with Gasteiger partial charge in [-0.1, -0.05) is 18.2 Å². The quantitative estimate of drug-likeness (QED) is 0.704. The van der Waals surface area contributed by atoms with Gasteiger partial charge in [0.15, 0.2) is 11.5 Å². The fourth-order valence-corrected chi connectivity index (χ4v) is 4.12. The van der Waals surface area contributed by atoms with Gasteiger partial charge in [0.2, 0.25) is 5.75 Å². The number of carbonyl (C=O) groups is 1. The van der Waals surface area contributed by atoms with E-state index in [1.54, 1.807) is 33.5 Å². The molecule has 152 valence electrons. The first kappa shape index (κ1) is 19.2. The lowest BCUT2D eigenvalue weighted by Crippen LogP contribution is -2.39. The van der Waals surface area contributed by atoms with Crippen LogP contribution in [0.15, 0.2) is 42.5 Å². The van der Waals surface area contributed by atoms with Crippen LogP contribution < -0.4 is 14.2 Å². The van der Waals surface area contributed by atoms with E-state index in [1.807, 2.05) is 17.0 Å². The molecule has 1 N–H and O–H groups in total. The third-order valence-corrected chi connectivity index (χ3v) is 5.61. The smallest absolute Gasteiger partial charge is 0.254 e. The highest BCUT2D eigenvalue weighted by molar-refractivity contribution is 5.95. The Kier molecular flexibility index (Phi) is 5.34. The van der Waals surface area contributed by atoms with Crippen molar-refractivity contribution in [1.29, 1.82) is 0 Å². The third kappa shape index (κ3) is 3.62. The largest absolute Gasteiger partial charge is 0.493 e. The third-order valence-electron chi connectivity index (χ3n) is 5.61. The summed E-state index contributed by atoms with van der Waals surface area (Å²) in [7, 11) is 4.66. The zero-order chi connectivity index (χ0) is 20.4. The zero-order valence-corrected chi connectivity index (χ0v) is 17.0. The van der Waals surface area contributed by atoms with Crippen LogP contribution in [-0.4, -0.2) is 50.2 Å². The highest BCUT2D eigenvalue weighted by Crippen LogP contribution is 2.39. The second-order valence-corrected chi connectivity index (χ2v) is 7.32. The van der Waals surface area contributed by atoms with Crippen LogP contribution in [-0.2, 0) is 0 Å². The van der Waals surface area contributed by atoms with Gasteiger partial charge in [-0.2, -0.15) is 0 Å². The number of hydrogen-bond acceptors (Lipinski definition) is 4. The number of fused-ring (bicyclic) bond motifs is 1. The Hall–Kier alpha value is -3.15. The molecule has 0 spiro atoms. The van der Waals surface area contributed by atoms with Gasteiger partial charge in [0, 0.05) is 35.8 Å². The molecule has 1 atom stereocenters. The summed E-state index contributed by atoms with van der Waals surface area (Å²) in [5, 5.41) is 1.20. The van der Waals surface area contributed by atoms with Crippen molar-refractivity contribution in [3.8, 4) is 17.2 Å². The van der Waals surface area contributed by atoms with E-state index in [-0.39, 0.29) is 5.91 Å². The molecular weight excluding hydrogens is 368 g/mol. The van der Waals surface area contributed by atoms with Crippen molar-refractivity contribution >= 4 is 16.8 Å². The van der Waals surface area contributed by atoms with E-state index in [0.717, 1.165) is 24.9 Å². The van der Waals surface area contributed by atoms with Gasteiger partial charge in [0.25, 0.3) is 5.91 Å². The average molecular weight is 394 g/mol. The number of H-pyrrole nitrogens is 1. The summed E-state index contributed by atoms with van der Waals surface area (Å²) in [6.45, 7) is 1.43. The lowest BCUT2D eigenvalue weighted by molar-refractivity contribution is 0.0705. The van der Waals surface area contributed by atoms with Gasteiger partial charge in [0.05, 0.1) is 21.3 Å². The van der Waals surface area contributed by atoms with Crippen molar-refractivity contribution in [2.24, 2.45) is 0 Å². The second-order valence-electron chi connectivity index (χ2n) is 7.32. The molecule has 0 bridgehead atoms. The van der Waals surface area contributed by atoms with Crippen LogP contribution in [0, 0.1) is 0 Å². The number of piperidine rings is 1. The summed E-state index contributed by atoms with van der Waals surface area (Å²) < 4.78 is 16.2. The summed E-state index contributed by atoms with van der Waals surface area (Å²) in [5.74, 6) is 1.73. The SMILES string of the molecule is COc1cc(C(=O)N2CCCC(c3cc4ccccc4[nH]3)C2)cc(OC)c1OC. The number of nitrogens with zero attached hydrogens (tertiary/aromatic N) is 1. The normalized spacial score (nSPS) is 16.7. The summed E-state index contributed by atoms with van der Waals surface area (Å²) >= 11 is 0. The van der Waals surface area contributed by atoms with Gasteiger partial charge < -0.3 is 24.1 Å². The molecule has 1 aliphatic rings. The van der Waals surface area contributed by atoms with Crippen LogP contribution in [0.3, 0.4) is 0 Å². The molecular formula is C23H26N2O4. The molecule has 1 aliphatic heterocycles. The minimum Gasteiger partial charge on any atom is -0.493 e. The van der Waals surface area contributed by atoms with Crippen LogP contribution in [0.25, 0.3) is 10.9 Å². The van der Waals surface area contributed by atoms with E-state index in [4.69, 9.17) is 14.2 Å². The summed E-state index contributed by atoms with van der Waals surface area (Å²) in [6.07, 6.45) is 2.03. The number of likely N-dealkylation sites (tertiary alicyclic amines) is 1. The monoisotopic (exact) mass is 394 g/mol. The number of amides is 1. The minimum absolute atomic E-state index is 0.0231. The first-order chi connectivity index (χ1) is 14.1. The van der Waals surface area contributed by atoms with Crippen LogP contribution in [0.1, 0.15) is 34.8 Å². The Labute approximate surface area is 170 Å². The molecule has 2 aromatic carbocycles. The van der Waals surface area contributed by atoms with Gasteiger partial charge in [-0.15, -0.1) is 0 Å². The Bertz CT molecular complexity index is 969. The van der Waals surface area contributed by atoms with E-state index in [2.05, 4.69) is 23.2 Å². The van der Waals surface area contributed by atoms with Crippen molar-refractivity contribution in [2.45, 2.75) is 18.8 Å². The predicted octanol–water partition coefficient (Wildman–Crippen LogP) is 4.21. The lowest BCUT2D eigenvalue weighted by atomic mass is 9.94. The van der Waals surface area contributed by atoms with E-state index in [1.165, 1.54) is 11.1 Å². The van der Waals surface area contributed by atoms with Crippen molar-refractivity contribution in [3.05, 3.63) is 53.7 Å². The number of benzene rings is 2. The van der Waals surface area contributed by atoms with Gasteiger partial charge in [-0.3, -0.25) is 4.79 Å². The molecule has 1 saturated heterocycles. The number of aromatic amines is 1. The Morgan fingerprint density at radius 2 is 1.76 bits per heavy atom. The van der Waals surface area contributed by atoms with E-state index >= 15 is 0 Å². The highest BCUT2D eigenvalue weighted by Gasteiger charge is 2.28. The number of nitrogens with one attached hydrogen (secondary N) is 1. The Balaban J connectivity index is 1.59. The predicted molar refractivity (Wildman–Crippen MR) is 112 cm³/mol. The molecule has 2 heterocycles. The average Bonchev–Trinajstić information content (AvgIpc) is 3.22. The molecule has 1 unspecified atom stereocenters. The van der Waals surface area contributed by atoms with Crippen LogP contribution in [0.5, 0.6) is 17.2 Å². The molecule has 29 heavy (non-hydrogen) atoms. The molecule has 0 radical (unpaired) electrons. The number of rotatable bonds is 5. The van der Waals surface area contributed by atoms with E-state index < -0.39 is 0 Å². The Morgan fingerprint density at radius 1 is 1.03 bits per heavy atom. The fourth-order valence-electron chi connectivity index (χ4n) is 4.12. The second kappa shape index (κ2) is 8.07. The van der Waals surface area contributed by atoms with Crippen LogP contribution >= 0.6 is 0 Å². The number of ether oxygens (including phenoxy) is 3. The number of carbonyl (C=O) groups excluding carboxylic acids is 1. The molecule has 1 amide bonds. The number of para-hydroxylation sites is 1. The van der Waals surface area contributed by atoms with Gasteiger partial charge >= 0.3 is 0 Å². The topological polar surface area (TPSA) is 63.8 Å². The van der Waals surface area contributed by atoms with Crippen molar-refractivity contribution in [2.75, 3.05) is 34.4 Å². The Morgan fingerprint density at radius 3 is 2.41 bits per heavy atom. The molecule has 6 nitrogen and oxygen atoms in total. The standard InChI is InChI=1S/C23H26N2O4/c1-27-20-12-17(13-21(28-2)22(20)29-3)23(26)25-10-6-8-16(14-25)19-11-15-7-4-5-9-18(15)24-19/h4-5,7,9,11-13,16,24H,6,8,10,14H2,1-3H3. The summed E-state index contributed by atoms with van der Waals surface area (Å²) in [4.78, 5) is 18.7. The van der Waals surface area contributed by atoms with Crippen LogP contribution in [0.4, 0.5) is 0 Å². The van der Waals surface area contributed by atoms with Gasteiger partial charge in [0.1, 0.15) is 0 Å². The summed E-state index contributed by atoms with van der Waals surface area (Å²) in [6, 6.07) is 13.9. The van der Waals surface area contributed by atoms with E-state index in [9.17, 15) is 4.79 Å². The van der Waals surface area contributed by atoms with Gasteiger partial charge in [-0.25, -0.2) is 0 Å². The molecule has 4 rings (SSSR count). The van der Waals surface area contributed by atoms with E-state index in [0.29, 0.717) is 35.3 Å². The fraction of sp³-hybridized carbons (Fsp3) is 0.348. The molecule has 0 aliphatic carbocycles. The maximum Gasteiger partial charge on any atom is 0.254 e. The lowest BCUT2D eigenvalue weighted by Gasteiger charge is -2.32. The number of aromatic nitrogens is 1. The van der Waals surface area contributed by atoms with Crippen molar-refractivity contribution < 1.29 is 19.0 Å². The van der Waals surface area contributed by atoms with Crippen LogP contribution in [0.2, 0.25) is 0 Å². The van der Waals surface area contributed by atoms with Gasteiger partial charge in [-0.05, 0) is 42.5 Å². The first-order valence-corrected chi connectivity index (χ1v) is 9.81. The summed E-state index contributed by atoms with van der Waals surface area (Å²) in [5.41, 5.74) is 2.86. The first-order valence-electron chi connectivity index (χ1n) is 9.81. The maximum absolute atomic E-state index is 13.2. The molecule has 0 saturated carbocycles. The minimum atomic E-state index is -0.0231.